The summed E-state index contributed by atoms with van der Waals surface area (Å²) in [4.78, 5) is 10.0. The average Bonchev–Trinajstić information content (AvgIpc) is 2.16. The molecule has 68 valence electrons. The maximum atomic E-state index is 10.0. The molecule has 3 heteroatoms. The Hall–Kier alpha value is -1.77. The number of aromatic hydroxyl groups is 1. The highest BCUT2D eigenvalue weighted by molar-refractivity contribution is 5.74. The molecule has 0 aliphatic rings. The highest BCUT2D eigenvalue weighted by Crippen LogP contribution is 2.26. The van der Waals surface area contributed by atoms with Crippen LogP contribution in [0.4, 0.5) is 0 Å². The molecule has 13 heavy (non-hydrogen) atoms. The van der Waals surface area contributed by atoms with Crippen molar-refractivity contribution in [2.45, 2.75) is 0 Å². The first-order valence-corrected chi connectivity index (χ1v) is 3.77. The highest BCUT2D eigenvalue weighted by Gasteiger charge is 1.99. The van der Waals surface area contributed by atoms with Crippen LogP contribution >= 0.6 is 0 Å². The van der Waals surface area contributed by atoms with Gasteiger partial charge >= 0.3 is 0 Å². The summed E-state index contributed by atoms with van der Waals surface area (Å²) in [7, 11) is 1.47. The van der Waals surface area contributed by atoms with Crippen LogP contribution in [-0.4, -0.2) is 18.5 Å². The van der Waals surface area contributed by atoms with Gasteiger partial charge in [-0.05, 0) is 23.8 Å². The number of carbonyl (C=O) groups is 1. The second kappa shape index (κ2) is 4.30. The number of rotatable bonds is 3. The van der Waals surface area contributed by atoms with Crippen molar-refractivity contribution in [3.63, 3.8) is 0 Å². The van der Waals surface area contributed by atoms with Crippen molar-refractivity contribution in [1.29, 1.82) is 0 Å². The van der Waals surface area contributed by atoms with E-state index in [0.717, 1.165) is 5.56 Å². The van der Waals surface area contributed by atoms with E-state index in [0.29, 0.717) is 12.0 Å². The van der Waals surface area contributed by atoms with Crippen molar-refractivity contribution in [3.05, 3.63) is 29.8 Å². The molecule has 0 amide bonds. The molecule has 3 nitrogen and oxygen atoms in total. The third-order valence-electron chi connectivity index (χ3n) is 1.57. The smallest absolute Gasteiger partial charge is 0.161 e. The Morgan fingerprint density at radius 1 is 1.46 bits per heavy atom. The van der Waals surface area contributed by atoms with Crippen LogP contribution in [0.3, 0.4) is 0 Å². The second-order valence-electron chi connectivity index (χ2n) is 2.43. The molecule has 0 aromatic heterocycles. The molecule has 0 saturated heterocycles. The molecule has 0 fully saturated rings. The first kappa shape index (κ1) is 9.32. The van der Waals surface area contributed by atoms with Crippen LogP contribution in [0, 0.1) is 0 Å². The first-order valence-electron chi connectivity index (χ1n) is 3.77. The van der Waals surface area contributed by atoms with Gasteiger partial charge in [-0.3, -0.25) is 4.79 Å². The van der Waals surface area contributed by atoms with Crippen LogP contribution in [-0.2, 0) is 4.79 Å². The van der Waals surface area contributed by atoms with Crippen molar-refractivity contribution in [2.24, 2.45) is 0 Å². The summed E-state index contributed by atoms with van der Waals surface area (Å²) >= 11 is 0. The topological polar surface area (TPSA) is 46.5 Å². The van der Waals surface area contributed by atoms with Crippen molar-refractivity contribution in [2.75, 3.05) is 7.11 Å². The van der Waals surface area contributed by atoms with E-state index in [4.69, 9.17) is 4.74 Å². The van der Waals surface area contributed by atoms with E-state index in [1.165, 1.54) is 19.3 Å². The van der Waals surface area contributed by atoms with Crippen LogP contribution < -0.4 is 4.74 Å². The van der Waals surface area contributed by atoms with E-state index < -0.39 is 0 Å². The number of hydrogen-bond donors (Lipinski definition) is 1. The van der Waals surface area contributed by atoms with Crippen molar-refractivity contribution in [3.8, 4) is 11.5 Å². The third kappa shape index (κ3) is 2.33. The van der Waals surface area contributed by atoms with Crippen LogP contribution in [0.25, 0.3) is 6.08 Å². The first-order chi connectivity index (χ1) is 6.27. The predicted octanol–water partition coefficient (Wildman–Crippen LogP) is 1.61. The number of ether oxygens (including phenoxy) is 1. The lowest BCUT2D eigenvalue weighted by molar-refractivity contribution is -0.104. The van der Waals surface area contributed by atoms with Crippen LogP contribution in [0.2, 0.25) is 0 Å². The zero-order valence-corrected chi connectivity index (χ0v) is 7.23. The van der Waals surface area contributed by atoms with Gasteiger partial charge in [0.25, 0.3) is 0 Å². The summed E-state index contributed by atoms with van der Waals surface area (Å²) in [5, 5.41) is 9.24. The molecule has 0 bridgehead atoms. The lowest BCUT2D eigenvalue weighted by Gasteiger charge is -2.02. The fourth-order valence-electron chi connectivity index (χ4n) is 0.948. The lowest BCUT2D eigenvalue weighted by Crippen LogP contribution is -1.84. The van der Waals surface area contributed by atoms with Crippen LogP contribution in [0.1, 0.15) is 5.56 Å². The number of hydrogen-bond acceptors (Lipinski definition) is 3. The lowest BCUT2D eigenvalue weighted by atomic mass is 10.2. The summed E-state index contributed by atoms with van der Waals surface area (Å²) in [5.74, 6) is 0.485. The van der Waals surface area contributed by atoms with E-state index >= 15 is 0 Å². The summed E-state index contributed by atoms with van der Waals surface area (Å²) in [6.07, 6.45) is 3.71. The van der Waals surface area contributed by atoms with Gasteiger partial charge in [0.1, 0.15) is 6.29 Å². The Kier molecular flexibility index (Phi) is 3.09. The molecular weight excluding hydrogens is 169 g/mol. The Balaban J connectivity index is 2.99. The maximum absolute atomic E-state index is 10.0. The molecule has 1 rings (SSSR count). The summed E-state index contributed by atoms with van der Waals surface area (Å²) < 4.78 is 4.89. The molecular formula is C10H10O3. The Bertz CT molecular complexity index is 329. The molecule has 0 aliphatic carbocycles. The molecule has 1 aromatic carbocycles. The van der Waals surface area contributed by atoms with Gasteiger partial charge < -0.3 is 9.84 Å². The number of carbonyl (C=O) groups excluding carboxylic acids is 1. The maximum Gasteiger partial charge on any atom is 0.161 e. The zero-order chi connectivity index (χ0) is 9.68. The molecule has 1 aromatic rings. The summed E-state index contributed by atoms with van der Waals surface area (Å²) in [6.45, 7) is 0. The summed E-state index contributed by atoms with van der Waals surface area (Å²) in [6, 6.07) is 4.86. The van der Waals surface area contributed by atoms with E-state index in [9.17, 15) is 9.90 Å². The van der Waals surface area contributed by atoms with Crippen molar-refractivity contribution < 1.29 is 14.6 Å². The number of aldehydes is 1. The second-order valence-corrected chi connectivity index (χ2v) is 2.43. The molecule has 0 heterocycles. The minimum atomic E-state index is 0.0887. The van der Waals surface area contributed by atoms with Gasteiger partial charge in [0.15, 0.2) is 11.5 Å². The fraction of sp³-hybridized carbons (Fsp3) is 0.100. The van der Waals surface area contributed by atoms with E-state index in [1.54, 1.807) is 18.2 Å². The number of methoxy groups -OCH3 is 1. The van der Waals surface area contributed by atoms with Gasteiger partial charge in [-0.15, -0.1) is 0 Å². The van der Waals surface area contributed by atoms with Gasteiger partial charge in [0.2, 0.25) is 0 Å². The van der Waals surface area contributed by atoms with E-state index in [1.807, 2.05) is 0 Å². The van der Waals surface area contributed by atoms with Gasteiger partial charge in [0.05, 0.1) is 7.11 Å². The fourth-order valence-corrected chi connectivity index (χ4v) is 0.948. The normalized spacial score (nSPS) is 10.2. The van der Waals surface area contributed by atoms with Crippen molar-refractivity contribution in [1.82, 2.24) is 0 Å². The van der Waals surface area contributed by atoms with Gasteiger partial charge in [-0.2, -0.15) is 0 Å². The standard InChI is InChI=1S/C10H10O3/c1-13-10-7-8(3-2-6-11)4-5-9(10)12/h2-7,12H,1H3/b3-2+/i6+1. The molecule has 0 atom stereocenters. The minimum absolute atomic E-state index is 0.0887. The molecule has 0 saturated carbocycles. The average molecular weight is 179 g/mol. The van der Waals surface area contributed by atoms with E-state index in [-0.39, 0.29) is 5.75 Å². The van der Waals surface area contributed by atoms with Gasteiger partial charge in [-0.25, -0.2) is 0 Å². The Morgan fingerprint density at radius 2 is 2.23 bits per heavy atom. The molecule has 0 radical (unpaired) electrons. The van der Waals surface area contributed by atoms with Crippen molar-refractivity contribution >= 4 is 12.4 Å². The predicted molar refractivity (Wildman–Crippen MR) is 49.8 cm³/mol. The molecule has 0 spiro atoms. The minimum Gasteiger partial charge on any atom is -0.504 e. The third-order valence-corrected chi connectivity index (χ3v) is 1.57. The number of allylic oxidation sites excluding steroid dienone is 1. The van der Waals surface area contributed by atoms with Gasteiger partial charge in [0, 0.05) is 0 Å². The van der Waals surface area contributed by atoms with E-state index in [2.05, 4.69) is 0 Å². The quantitative estimate of drug-likeness (QED) is 0.435. The molecule has 0 unspecified atom stereocenters. The number of benzene rings is 1. The summed E-state index contributed by atoms with van der Waals surface area (Å²) in [5.41, 5.74) is 0.807. The number of phenols is 1. The SMILES string of the molecule is COc1cc(/C=C/[13CH]=O)ccc1O. The zero-order valence-electron chi connectivity index (χ0n) is 7.23. The Morgan fingerprint density at radius 3 is 2.85 bits per heavy atom. The van der Waals surface area contributed by atoms with Gasteiger partial charge in [-0.1, -0.05) is 12.1 Å². The molecule has 1 N–H and O–H groups in total. The van der Waals surface area contributed by atoms with Crippen LogP contribution in [0.5, 0.6) is 11.5 Å². The highest BCUT2D eigenvalue weighted by atomic mass is 16.5. The Labute approximate surface area is 76.3 Å². The monoisotopic (exact) mass is 179 g/mol. The molecule has 0 aliphatic heterocycles. The van der Waals surface area contributed by atoms with Crippen LogP contribution in [0.15, 0.2) is 24.3 Å². The largest absolute Gasteiger partial charge is 0.504 e. The number of phenolic OH excluding ortho intramolecular Hbond substituents is 1.